The van der Waals surface area contributed by atoms with Crippen LogP contribution in [0.4, 0.5) is 0 Å². The Morgan fingerprint density at radius 1 is 1.25 bits per heavy atom. The summed E-state index contributed by atoms with van der Waals surface area (Å²) in [6.07, 6.45) is 2.50. The number of unbranched alkanes of at least 4 members (excludes halogenated alkanes) is 1. The van der Waals surface area contributed by atoms with Gasteiger partial charge in [0.25, 0.3) is 0 Å². The Kier molecular flexibility index (Phi) is 5.18. The molecule has 0 aromatic rings. The molecule has 1 aliphatic rings. The van der Waals surface area contributed by atoms with Crippen molar-refractivity contribution in [2.75, 3.05) is 54.0 Å². The summed E-state index contributed by atoms with van der Waals surface area (Å²) in [7, 11) is 6.57. The third-order valence-corrected chi connectivity index (χ3v) is 3.65. The molecule has 1 saturated heterocycles. The predicted octanol–water partition coefficient (Wildman–Crippen LogP) is 0.251. The summed E-state index contributed by atoms with van der Waals surface area (Å²) in [5.74, 6) is 0. The first-order valence-electron chi connectivity index (χ1n) is 6.32. The molecule has 4 nitrogen and oxygen atoms in total. The van der Waals surface area contributed by atoms with E-state index in [1.807, 2.05) is 0 Å². The number of hydrogen-bond donors (Lipinski definition) is 1. The Hall–Kier alpha value is -0.160. The molecule has 0 aromatic carbocycles. The van der Waals surface area contributed by atoms with Crippen molar-refractivity contribution in [1.82, 2.24) is 14.7 Å². The van der Waals surface area contributed by atoms with Gasteiger partial charge in [0.15, 0.2) is 0 Å². The van der Waals surface area contributed by atoms with Crippen LogP contribution in [0.3, 0.4) is 0 Å². The van der Waals surface area contributed by atoms with E-state index in [0.29, 0.717) is 0 Å². The van der Waals surface area contributed by atoms with Gasteiger partial charge < -0.3 is 5.73 Å². The second-order valence-corrected chi connectivity index (χ2v) is 5.37. The summed E-state index contributed by atoms with van der Waals surface area (Å²) in [5.41, 5.74) is 6.18. The lowest BCUT2D eigenvalue weighted by molar-refractivity contribution is -0.0124. The first kappa shape index (κ1) is 13.9. The van der Waals surface area contributed by atoms with Crippen molar-refractivity contribution in [1.29, 1.82) is 0 Å². The molecular weight excluding hydrogens is 200 g/mol. The third kappa shape index (κ3) is 3.17. The standard InChI is InChI=1S/C12H28N4/c1-5-6-7-16(4)12(8-13)9-14(2)11-15(3)10-12/h5-11,13H2,1-4H3. The summed E-state index contributed by atoms with van der Waals surface area (Å²) >= 11 is 0. The van der Waals surface area contributed by atoms with Crippen LogP contribution < -0.4 is 5.73 Å². The quantitative estimate of drug-likeness (QED) is 0.732. The Balaban J connectivity index is 2.67. The SMILES string of the molecule is CCCCN(C)C1(CN)CN(C)CN(C)C1. The molecule has 0 saturated carbocycles. The van der Waals surface area contributed by atoms with Crippen LogP contribution in [0, 0.1) is 0 Å². The maximum Gasteiger partial charge on any atom is 0.0584 e. The zero-order chi connectivity index (χ0) is 12.2. The van der Waals surface area contributed by atoms with Gasteiger partial charge in [-0.1, -0.05) is 13.3 Å². The second-order valence-electron chi connectivity index (χ2n) is 5.37. The van der Waals surface area contributed by atoms with Crippen molar-refractivity contribution in [3.63, 3.8) is 0 Å². The Bertz CT molecular complexity index is 197. The number of rotatable bonds is 5. The molecular formula is C12H28N4. The monoisotopic (exact) mass is 228 g/mol. The van der Waals surface area contributed by atoms with Gasteiger partial charge in [-0.05, 0) is 34.1 Å². The summed E-state index contributed by atoms with van der Waals surface area (Å²) < 4.78 is 0. The fraction of sp³-hybridized carbons (Fsp3) is 1.00. The average Bonchev–Trinajstić information content (AvgIpc) is 2.24. The second kappa shape index (κ2) is 5.96. The Labute approximate surface area is 100 Å². The van der Waals surface area contributed by atoms with Crippen LogP contribution in [0.15, 0.2) is 0 Å². The van der Waals surface area contributed by atoms with Crippen LogP contribution in [0.25, 0.3) is 0 Å². The zero-order valence-corrected chi connectivity index (χ0v) is 11.4. The van der Waals surface area contributed by atoms with Crippen LogP contribution in [-0.4, -0.2) is 74.2 Å². The van der Waals surface area contributed by atoms with Gasteiger partial charge in [-0.2, -0.15) is 0 Å². The number of nitrogens with zero attached hydrogens (tertiary/aromatic N) is 3. The van der Waals surface area contributed by atoms with Crippen LogP contribution in [0.1, 0.15) is 19.8 Å². The highest BCUT2D eigenvalue weighted by Crippen LogP contribution is 2.20. The van der Waals surface area contributed by atoms with Gasteiger partial charge in [0, 0.05) is 19.6 Å². The lowest BCUT2D eigenvalue weighted by atomic mass is 9.94. The summed E-state index contributed by atoms with van der Waals surface area (Å²) in [4.78, 5) is 7.18. The maximum atomic E-state index is 6.04. The molecule has 1 fully saturated rings. The van der Waals surface area contributed by atoms with Gasteiger partial charge in [0.05, 0.1) is 12.2 Å². The highest BCUT2D eigenvalue weighted by atomic mass is 15.4. The van der Waals surface area contributed by atoms with E-state index in [0.717, 1.165) is 32.8 Å². The molecule has 0 spiro atoms. The summed E-state index contributed by atoms with van der Waals surface area (Å²) in [5, 5.41) is 0. The van der Waals surface area contributed by atoms with Crippen LogP contribution in [0.5, 0.6) is 0 Å². The number of hydrogen-bond acceptors (Lipinski definition) is 4. The van der Waals surface area contributed by atoms with Crippen LogP contribution in [0.2, 0.25) is 0 Å². The molecule has 1 aliphatic heterocycles. The fourth-order valence-electron chi connectivity index (χ4n) is 2.73. The molecule has 0 aliphatic carbocycles. The minimum absolute atomic E-state index is 0.136. The van der Waals surface area contributed by atoms with Crippen molar-refractivity contribution in [2.45, 2.75) is 25.3 Å². The van der Waals surface area contributed by atoms with E-state index in [2.05, 4.69) is 42.8 Å². The van der Waals surface area contributed by atoms with Gasteiger partial charge in [0.1, 0.15) is 0 Å². The molecule has 0 bridgehead atoms. The van der Waals surface area contributed by atoms with Crippen LogP contribution in [-0.2, 0) is 0 Å². The van der Waals surface area contributed by atoms with E-state index in [-0.39, 0.29) is 5.54 Å². The van der Waals surface area contributed by atoms with Gasteiger partial charge >= 0.3 is 0 Å². The lowest BCUT2D eigenvalue weighted by Crippen LogP contribution is -2.67. The largest absolute Gasteiger partial charge is 0.329 e. The topological polar surface area (TPSA) is 35.7 Å². The molecule has 96 valence electrons. The molecule has 4 heteroatoms. The molecule has 16 heavy (non-hydrogen) atoms. The van der Waals surface area contributed by atoms with E-state index in [1.165, 1.54) is 12.8 Å². The summed E-state index contributed by atoms with van der Waals surface area (Å²) in [6.45, 7) is 7.32. The molecule has 2 N–H and O–H groups in total. The van der Waals surface area contributed by atoms with Crippen molar-refractivity contribution in [3.8, 4) is 0 Å². The lowest BCUT2D eigenvalue weighted by Gasteiger charge is -2.50. The van der Waals surface area contributed by atoms with E-state index in [9.17, 15) is 0 Å². The average molecular weight is 228 g/mol. The minimum atomic E-state index is 0.136. The first-order valence-corrected chi connectivity index (χ1v) is 6.32. The van der Waals surface area contributed by atoms with Gasteiger partial charge in [-0.3, -0.25) is 14.7 Å². The van der Waals surface area contributed by atoms with Gasteiger partial charge in [-0.15, -0.1) is 0 Å². The van der Waals surface area contributed by atoms with Crippen molar-refractivity contribution in [2.24, 2.45) is 5.73 Å². The van der Waals surface area contributed by atoms with Crippen molar-refractivity contribution < 1.29 is 0 Å². The number of nitrogens with two attached hydrogens (primary N) is 1. The highest BCUT2D eigenvalue weighted by Gasteiger charge is 2.38. The maximum absolute atomic E-state index is 6.04. The molecule has 1 rings (SSSR count). The first-order chi connectivity index (χ1) is 7.54. The van der Waals surface area contributed by atoms with Gasteiger partial charge in [0.2, 0.25) is 0 Å². The highest BCUT2D eigenvalue weighted by molar-refractivity contribution is 4.97. The number of likely N-dealkylation sites (N-methyl/N-ethyl adjacent to an activating group) is 3. The Morgan fingerprint density at radius 2 is 1.81 bits per heavy atom. The minimum Gasteiger partial charge on any atom is -0.329 e. The Morgan fingerprint density at radius 3 is 2.25 bits per heavy atom. The zero-order valence-electron chi connectivity index (χ0n) is 11.4. The molecule has 0 unspecified atom stereocenters. The third-order valence-electron chi connectivity index (χ3n) is 3.65. The van der Waals surface area contributed by atoms with E-state index >= 15 is 0 Å². The van der Waals surface area contributed by atoms with Crippen molar-refractivity contribution in [3.05, 3.63) is 0 Å². The predicted molar refractivity (Wildman–Crippen MR) is 69.5 cm³/mol. The molecule has 1 heterocycles. The van der Waals surface area contributed by atoms with Crippen LogP contribution >= 0.6 is 0 Å². The fourth-order valence-corrected chi connectivity index (χ4v) is 2.73. The smallest absolute Gasteiger partial charge is 0.0584 e. The van der Waals surface area contributed by atoms with E-state index in [4.69, 9.17) is 5.73 Å². The molecule has 0 atom stereocenters. The molecule has 0 radical (unpaired) electrons. The van der Waals surface area contributed by atoms with Crippen molar-refractivity contribution >= 4 is 0 Å². The summed E-state index contributed by atoms with van der Waals surface area (Å²) in [6, 6.07) is 0. The van der Waals surface area contributed by atoms with E-state index < -0.39 is 0 Å². The molecule has 0 aromatic heterocycles. The van der Waals surface area contributed by atoms with E-state index in [1.54, 1.807) is 0 Å². The normalized spacial score (nSPS) is 22.9. The molecule has 0 amide bonds. The van der Waals surface area contributed by atoms with Gasteiger partial charge in [-0.25, -0.2) is 0 Å².